The highest BCUT2D eigenvalue weighted by Gasteiger charge is 2.12. The number of halogens is 3. The number of rotatable bonds is 7. The lowest BCUT2D eigenvalue weighted by Gasteiger charge is -2.11. The number of non-ortho nitro benzene ring substituents is 1. The van der Waals surface area contributed by atoms with Crippen LogP contribution in [-0.2, 0) is 4.74 Å². The van der Waals surface area contributed by atoms with Crippen LogP contribution >= 0.6 is 11.6 Å². The molecule has 0 bridgehead atoms. The van der Waals surface area contributed by atoms with E-state index in [0.29, 0.717) is 11.3 Å². The molecule has 0 unspecified atom stereocenters. The summed E-state index contributed by atoms with van der Waals surface area (Å²) < 4.78 is 28.3. The smallest absolute Gasteiger partial charge is 0.271 e. The number of hydrogen-bond acceptors (Lipinski definition) is 4. The largest absolute Gasteiger partial charge is 0.381 e. The number of nitrogens with zero attached hydrogens (tertiary/aromatic N) is 1. The molecule has 0 saturated carbocycles. The van der Waals surface area contributed by atoms with Gasteiger partial charge in [0.1, 0.15) is 6.61 Å². The summed E-state index contributed by atoms with van der Waals surface area (Å²) in [7, 11) is 0. The van der Waals surface area contributed by atoms with Crippen molar-refractivity contribution in [3.05, 3.63) is 32.8 Å². The van der Waals surface area contributed by atoms with Crippen molar-refractivity contribution in [1.29, 1.82) is 0 Å². The highest BCUT2D eigenvalue weighted by atomic mass is 35.5. The third-order valence-electron chi connectivity index (χ3n) is 2.27. The van der Waals surface area contributed by atoms with E-state index in [1.165, 1.54) is 12.1 Å². The van der Waals surface area contributed by atoms with E-state index in [4.69, 9.17) is 16.3 Å². The molecule has 0 aliphatic rings. The number of alkyl halides is 2. The molecule has 19 heavy (non-hydrogen) atoms. The first-order valence-electron chi connectivity index (χ1n) is 5.46. The van der Waals surface area contributed by atoms with E-state index in [9.17, 15) is 18.9 Å². The van der Waals surface area contributed by atoms with Gasteiger partial charge in [-0.2, -0.15) is 0 Å². The average Bonchev–Trinajstić information content (AvgIpc) is 2.30. The van der Waals surface area contributed by atoms with Crippen LogP contribution < -0.4 is 5.32 Å². The van der Waals surface area contributed by atoms with Gasteiger partial charge in [0, 0.05) is 18.7 Å². The van der Waals surface area contributed by atoms with Crippen molar-refractivity contribution in [2.45, 2.75) is 13.3 Å². The van der Waals surface area contributed by atoms with Crippen LogP contribution in [0.5, 0.6) is 0 Å². The molecule has 8 heteroatoms. The van der Waals surface area contributed by atoms with Crippen LogP contribution in [0.4, 0.5) is 20.2 Å². The van der Waals surface area contributed by atoms with E-state index in [2.05, 4.69) is 5.32 Å². The third-order valence-corrected chi connectivity index (χ3v) is 2.57. The Morgan fingerprint density at radius 2 is 2.21 bits per heavy atom. The van der Waals surface area contributed by atoms with Crippen molar-refractivity contribution in [1.82, 2.24) is 0 Å². The van der Waals surface area contributed by atoms with Gasteiger partial charge in [0.15, 0.2) is 0 Å². The summed E-state index contributed by atoms with van der Waals surface area (Å²) in [5.74, 6) is 0. The number of nitro groups is 1. The number of hydrogen-bond donors (Lipinski definition) is 1. The first-order chi connectivity index (χ1) is 8.91. The van der Waals surface area contributed by atoms with Gasteiger partial charge >= 0.3 is 0 Å². The summed E-state index contributed by atoms with van der Waals surface area (Å²) in [4.78, 5) is 10.1. The Hall–Kier alpha value is -1.47. The summed E-state index contributed by atoms with van der Waals surface area (Å²) in [6.45, 7) is 1.43. The molecule has 0 aliphatic heterocycles. The summed E-state index contributed by atoms with van der Waals surface area (Å²) in [6.07, 6.45) is -2.50. The summed E-state index contributed by atoms with van der Waals surface area (Å²) in [6, 6.07) is 2.62. The van der Waals surface area contributed by atoms with Crippen LogP contribution in [0.15, 0.2) is 12.1 Å². The van der Waals surface area contributed by atoms with E-state index in [-0.39, 0.29) is 23.9 Å². The molecule has 0 aromatic heterocycles. The number of aryl methyl sites for hydroxylation is 1. The molecular formula is C11H13ClF2N2O3. The van der Waals surface area contributed by atoms with Gasteiger partial charge in [-0.05, 0) is 12.5 Å². The molecule has 0 heterocycles. The molecule has 5 nitrogen and oxygen atoms in total. The molecule has 0 spiro atoms. The van der Waals surface area contributed by atoms with Crippen LogP contribution in [0, 0.1) is 17.0 Å². The fourth-order valence-corrected chi connectivity index (χ4v) is 1.80. The van der Waals surface area contributed by atoms with Gasteiger partial charge in [0.2, 0.25) is 0 Å². The molecule has 1 aromatic rings. The minimum atomic E-state index is -2.50. The van der Waals surface area contributed by atoms with E-state index in [1.807, 2.05) is 0 Å². The second-order valence-electron chi connectivity index (χ2n) is 3.77. The lowest BCUT2D eigenvalue weighted by molar-refractivity contribution is -0.384. The summed E-state index contributed by atoms with van der Waals surface area (Å²) >= 11 is 5.91. The summed E-state index contributed by atoms with van der Waals surface area (Å²) in [5.41, 5.74) is 1.04. The average molecular weight is 295 g/mol. The minimum Gasteiger partial charge on any atom is -0.381 e. The van der Waals surface area contributed by atoms with Crippen molar-refractivity contribution in [3.63, 3.8) is 0 Å². The molecule has 1 rings (SSSR count). The van der Waals surface area contributed by atoms with Crippen molar-refractivity contribution >= 4 is 23.0 Å². The number of anilines is 1. The predicted molar refractivity (Wildman–Crippen MR) is 68.2 cm³/mol. The van der Waals surface area contributed by atoms with Gasteiger partial charge < -0.3 is 10.1 Å². The minimum absolute atomic E-state index is 0.0943. The molecule has 0 aliphatic carbocycles. The van der Waals surface area contributed by atoms with Gasteiger partial charge in [-0.1, -0.05) is 11.6 Å². The number of nitro benzene ring substituents is 1. The van der Waals surface area contributed by atoms with E-state index in [0.717, 1.165) is 0 Å². The predicted octanol–water partition coefficient (Wildman–Crippen LogP) is 3.25. The highest BCUT2D eigenvalue weighted by molar-refractivity contribution is 6.33. The first-order valence-corrected chi connectivity index (χ1v) is 5.84. The molecule has 0 saturated heterocycles. The molecular weight excluding hydrogens is 282 g/mol. The van der Waals surface area contributed by atoms with E-state index < -0.39 is 18.0 Å². The highest BCUT2D eigenvalue weighted by Crippen LogP contribution is 2.30. The Morgan fingerprint density at radius 1 is 1.53 bits per heavy atom. The van der Waals surface area contributed by atoms with Crippen LogP contribution in [0.3, 0.4) is 0 Å². The second kappa shape index (κ2) is 7.20. The van der Waals surface area contributed by atoms with Gasteiger partial charge in [-0.15, -0.1) is 0 Å². The zero-order valence-electron chi connectivity index (χ0n) is 10.2. The van der Waals surface area contributed by atoms with E-state index >= 15 is 0 Å². The molecule has 0 radical (unpaired) electrons. The molecule has 0 atom stereocenters. The zero-order chi connectivity index (χ0) is 14.4. The van der Waals surface area contributed by atoms with Gasteiger partial charge in [0.05, 0.1) is 22.2 Å². The topological polar surface area (TPSA) is 64.4 Å². The first kappa shape index (κ1) is 15.6. The fraction of sp³-hybridized carbons (Fsp3) is 0.455. The maximum absolute atomic E-state index is 11.8. The van der Waals surface area contributed by atoms with Gasteiger partial charge in [-0.3, -0.25) is 10.1 Å². The molecule has 0 fully saturated rings. The Kier molecular flexibility index (Phi) is 5.91. The maximum Gasteiger partial charge on any atom is 0.271 e. The normalized spacial score (nSPS) is 10.8. The monoisotopic (exact) mass is 294 g/mol. The Bertz CT molecular complexity index is 435. The zero-order valence-corrected chi connectivity index (χ0v) is 10.9. The fourth-order valence-electron chi connectivity index (χ4n) is 1.48. The van der Waals surface area contributed by atoms with E-state index in [1.54, 1.807) is 6.92 Å². The Morgan fingerprint density at radius 3 is 2.74 bits per heavy atom. The molecule has 1 N–H and O–H groups in total. The van der Waals surface area contributed by atoms with Crippen molar-refractivity contribution in [2.24, 2.45) is 0 Å². The van der Waals surface area contributed by atoms with Crippen molar-refractivity contribution in [2.75, 3.05) is 25.1 Å². The SMILES string of the molecule is Cc1cc([N+](=O)[O-])cc(Cl)c1NCCOCC(F)F. The lowest BCUT2D eigenvalue weighted by Crippen LogP contribution is -2.13. The number of benzene rings is 1. The molecule has 1 aromatic carbocycles. The quantitative estimate of drug-likeness (QED) is 0.476. The molecule has 0 amide bonds. The number of nitrogens with one attached hydrogen (secondary N) is 1. The van der Waals surface area contributed by atoms with Crippen LogP contribution in [-0.4, -0.2) is 31.1 Å². The summed E-state index contributed by atoms with van der Waals surface area (Å²) in [5, 5.41) is 13.7. The third kappa shape index (κ3) is 4.96. The Balaban J connectivity index is 2.57. The maximum atomic E-state index is 11.8. The van der Waals surface area contributed by atoms with Crippen molar-refractivity contribution in [3.8, 4) is 0 Å². The lowest BCUT2D eigenvalue weighted by atomic mass is 10.2. The standard InChI is InChI=1S/C11H13ClF2N2O3/c1-7-4-8(16(17)18)5-9(12)11(7)15-2-3-19-6-10(13)14/h4-5,10,15H,2-3,6H2,1H3. The van der Waals surface area contributed by atoms with Crippen molar-refractivity contribution < 1.29 is 18.4 Å². The van der Waals surface area contributed by atoms with Gasteiger partial charge in [0.25, 0.3) is 12.1 Å². The van der Waals surface area contributed by atoms with Crippen LogP contribution in [0.25, 0.3) is 0 Å². The second-order valence-corrected chi connectivity index (χ2v) is 4.18. The van der Waals surface area contributed by atoms with Gasteiger partial charge in [-0.25, -0.2) is 8.78 Å². The van der Waals surface area contributed by atoms with Crippen LogP contribution in [0.2, 0.25) is 5.02 Å². The molecule has 106 valence electrons. The van der Waals surface area contributed by atoms with Crippen LogP contribution in [0.1, 0.15) is 5.56 Å². The Labute approximate surface area is 113 Å². The number of ether oxygens (including phenoxy) is 1.